The summed E-state index contributed by atoms with van der Waals surface area (Å²) in [5, 5.41) is 11.5. The van der Waals surface area contributed by atoms with Gasteiger partial charge < -0.3 is 15.7 Å². The Balaban J connectivity index is 2.63. The third kappa shape index (κ3) is 4.07. The number of hydrogen-bond donors (Lipinski definition) is 2. The first-order valence-electron chi connectivity index (χ1n) is 5.69. The second-order valence-electron chi connectivity index (χ2n) is 4.58. The Morgan fingerprint density at radius 1 is 1.35 bits per heavy atom. The summed E-state index contributed by atoms with van der Waals surface area (Å²) >= 11 is 0. The molecule has 1 aromatic carbocycles. The number of hydrogen-bond acceptors (Lipinski definition) is 3. The summed E-state index contributed by atoms with van der Waals surface area (Å²) in [6.07, 6.45) is 0.967. The van der Waals surface area contributed by atoms with Gasteiger partial charge in [0.05, 0.1) is 12.2 Å². The van der Waals surface area contributed by atoms with Crippen LogP contribution in [-0.2, 0) is 11.3 Å². The van der Waals surface area contributed by atoms with E-state index in [1.165, 1.54) is 0 Å². The molecule has 0 bridgehead atoms. The van der Waals surface area contributed by atoms with Crippen LogP contribution in [-0.4, -0.2) is 16.6 Å². The molecule has 0 heterocycles. The van der Waals surface area contributed by atoms with Gasteiger partial charge in [0.25, 0.3) is 0 Å². The number of amidine groups is 1. The Labute approximate surface area is 102 Å². The zero-order valence-corrected chi connectivity index (χ0v) is 10.6. The van der Waals surface area contributed by atoms with Gasteiger partial charge in [0.1, 0.15) is 0 Å². The minimum Gasteiger partial charge on any atom is -0.409 e. The normalized spacial score (nSPS) is 12.8. The summed E-state index contributed by atoms with van der Waals surface area (Å²) in [6.45, 7) is 6.80. The maximum Gasteiger partial charge on any atom is 0.170 e. The van der Waals surface area contributed by atoms with E-state index in [4.69, 9.17) is 15.7 Å². The van der Waals surface area contributed by atoms with Gasteiger partial charge >= 0.3 is 0 Å². The van der Waals surface area contributed by atoms with E-state index in [0.29, 0.717) is 12.2 Å². The van der Waals surface area contributed by atoms with Gasteiger partial charge in [0.2, 0.25) is 0 Å². The molecular formula is C13H20N2O2. The topological polar surface area (TPSA) is 67.8 Å². The monoisotopic (exact) mass is 236 g/mol. The molecule has 0 fully saturated rings. The molecular weight excluding hydrogens is 216 g/mol. The molecule has 0 aliphatic heterocycles. The standard InChI is InChI=1S/C13H20N2O2/c1-4-13(2,3)17-9-10-5-7-11(8-6-10)12(14)15-16/h5-8,16H,4,9H2,1-3H3,(H2,14,15). The van der Waals surface area contributed by atoms with Crippen LogP contribution in [0.5, 0.6) is 0 Å². The predicted octanol–water partition coefficient (Wildman–Crippen LogP) is 2.49. The molecule has 94 valence electrons. The highest BCUT2D eigenvalue weighted by atomic mass is 16.5. The van der Waals surface area contributed by atoms with E-state index < -0.39 is 0 Å². The molecule has 0 saturated heterocycles. The Kier molecular flexibility index (Phi) is 4.52. The molecule has 17 heavy (non-hydrogen) atoms. The summed E-state index contributed by atoms with van der Waals surface area (Å²) in [5.74, 6) is 0.117. The lowest BCUT2D eigenvalue weighted by Crippen LogP contribution is -2.22. The third-order valence-corrected chi connectivity index (χ3v) is 2.84. The fourth-order valence-electron chi connectivity index (χ4n) is 1.21. The Hall–Kier alpha value is -1.55. The maximum atomic E-state index is 8.54. The van der Waals surface area contributed by atoms with Crippen LogP contribution in [0.3, 0.4) is 0 Å². The summed E-state index contributed by atoms with van der Waals surface area (Å²) in [5.41, 5.74) is 7.14. The van der Waals surface area contributed by atoms with Gasteiger partial charge in [0.15, 0.2) is 5.84 Å². The van der Waals surface area contributed by atoms with Crippen LogP contribution in [0.15, 0.2) is 29.4 Å². The quantitative estimate of drug-likeness (QED) is 0.357. The first-order valence-corrected chi connectivity index (χ1v) is 5.69. The first kappa shape index (κ1) is 13.5. The zero-order chi connectivity index (χ0) is 12.9. The minimum atomic E-state index is -0.107. The van der Waals surface area contributed by atoms with Crippen LogP contribution in [0, 0.1) is 0 Å². The average Bonchev–Trinajstić information content (AvgIpc) is 2.36. The number of oxime groups is 1. The van der Waals surface area contributed by atoms with Crippen LogP contribution in [0.2, 0.25) is 0 Å². The zero-order valence-electron chi connectivity index (χ0n) is 10.6. The van der Waals surface area contributed by atoms with E-state index in [1.54, 1.807) is 0 Å². The first-order chi connectivity index (χ1) is 7.98. The van der Waals surface area contributed by atoms with Crippen molar-refractivity contribution in [3.63, 3.8) is 0 Å². The molecule has 0 saturated carbocycles. The molecule has 1 rings (SSSR count). The van der Waals surface area contributed by atoms with Crippen LogP contribution < -0.4 is 5.73 Å². The fraction of sp³-hybridized carbons (Fsp3) is 0.462. The van der Waals surface area contributed by atoms with Gasteiger partial charge in [-0.3, -0.25) is 0 Å². The van der Waals surface area contributed by atoms with Crippen molar-refractivity contribution < 1.29 is 9.94 Å². The number of rotatable bonds is 5. The second-order valence-corrected chi connectivity index (χ2v) is 4.58. The molecule has 4 nitrogen and oxygen atoms in total. The van der Waals surface area contributed by atoms with Crippen LogP contribution in [0.25, 0.3) is 0 Å². The molecule has 1 aromatic rings. The highest BCUT2D eigenvalue weighted by Gasteiger charge is 2.14. The predicted molar refractivity (Wildman–Crippen MR) is 68.1 cm³/mol. The van der Waals surface area contributed by atoms with Crippen molar-refractivity contribution in [3.8, 4) is 0 Å². The van der Waals surface area contributed by atoms with Crippen LogP contribution >= 0.6 is 0 Å². The number of benzene rings is 1. The van der Waals surface area contributed by atoms with Gasteiger partial charge in [0, 0.05) is 5.56 Å². The van der Waals surface area contributed by atoms with Crippen molar-refractivity contribution in [1.29, 1.82) is 0 Å². The largest absolute Gasteiger partial charge is 0.409 e. The lowest BCUT2D eigenvalue weighted by atomic mass is 10.1. The summed E-state index contributed by atoms with van der Waals surface area (Å²) in [7, 11) is 0. The molecule has 0 aliphatic rings. The third-order valence-electron chi connectivity index (χ3n) is 2.84. The van der Waals surface area contributed by atoms with Crippen molar-refractivity contribution in [3.05, 3.63) is 35.4 Å². The molecule has 4 heteroatoms. The van der Waals surface area contributed by atoms with Gasteiger partial charge in [-0.25, -0.2) is 0 Å². The number of nitrogens with zero attached hydrogens (tertiary/aromatic N) is 1. The molecule has 0 spiro atoms. The molecule has 0 aliphatic carbocycles. The van der Waals surface area contributed by atoms with E-state index in [2.05, 4.69) is 25.9 Å². The number of ether oxygens (including phenoxy) is 1. The smallest absolute Gasteiger partial charge is 0.170 e. The Morgan fingerprint density at radius 3 is 2.41 bits per heavy atom. The van der Waals surface area contributed by atoms with Crippen LogP contribution in [0.1, 0.15) is 38.3 Å². The Morgan fingerprint density at radius 2 is 1.94 bits per heavy atom. The molecule has 0 unspecified atom stereocenters. The summed E-state index contributed by atoms with van der Waals surface area (Å²) < 4.78 is 5.78. The van der Waals surface area contributed by atoms with Crippen molar-refractivity contribution >= 4 is 5.84 Å². The number of nitrogens with two attached hydrogens (primary N) is 1. The van der Waals surface area contributed by atoms with Gasteiger partial charge in [-0.2, -0.15) is 0 Å². The summed E-state index contributed by atoms with van der Waals surface area (Å²) in [4.78, 5) is 0. The highest BCUT2D eigenvalue weighted by Crippen LogP contribution is 2.16. The van der Waals surface area contributed by atoms with Crippen LogP contribution in [0.4, 0.5) is 0 Å². The molecule has 0 amide bonds. The van der Waals surface area contributed by atoms with Crippen molar-refractivity contribution in [2.45, 2.75) is 39.4 Å². The van der Waals surface area contributed by atoms with E-state index in [-0.39, 0.29) is 11.4 Å². The van der Waals surface area contributed by atoms with E-state index in [0.717, 1.165) is 12.0 Å². The van der Waals surface area contributed by atoms with Gasteiger partial charge in [-0.15, -0.1) is 0 Å². The second kappa shape index (κ2) is 5.68. The van der Waals surface area contributed by atoms with E-state index in [1.807, 2.05) is 24.3 Å². The van der Waals surface area contributed by atoms with Crippen molar-refractivity contribution in [2.75, 3.05) is 0 Å². The molecule has 0 aromatic heterocycles. The molecule has 0 atom stereocenters. The highest BCUT2D eigenvalue weighted by molar-refractivity contribution is 5.96. The lowest BCUT2D eigenvalue weighted by molar-refractivity contribution is -0.0316. The summed E-state index contributed by atoms with van der Waals surface area (Å²) in [6, 6.07) is 7.46. The van der Waals surface area contributed by atoms with Gasteiger partial charge in [-0.05, 0) is 25.8 Å². The molecule has 3 N–H and O–H groups in total. The molecule has 0 radical (unpaired) electrons. The lowest BCUT2D eigenvalue weighted by Gasteiger charge is -2.23. The van der Waals surface area contributed by atoms with Crippen molar-refractivity contribution in [2.24, 2.45) is 10.9 Å². The van der Waals surface area contributed by atoms with E-state index >= 15 is 0 Å². The van der Waals surface area contributed by atoms with E-state index in [9.17, 15) is 0 Å². The van der Waals surface area contributed by atoms with Crippen molar-refractivity contribution in [1.82, 2.24) is 0 Å². The minimum absolute atomic E-state index is 0.107. The maximum absolute atomic E-state index is 8.54. The van der Waals surface area contributed by atoms with Gasteiger partial charge in [-0.1, -0.05) is 36.3 Å². The fourth-order valence-corrected chi connectivity index (χ4v) is 1.21. The average molecular weight is 236 g/mol. The Bertz CT molecular complexity index is 383. The SMILES string of the molecule is CCC(C)(C)OCc1ccc(/C(N)=N/O)cc1.